The molecule has 2 N–H and O–H groups in total. The van der Waals surface area contributed by atoms with Gasteiger partial charge >= 0.3 is 12.1 Å². The normalized spacial score (nSPS) is 17.1. The Morgan fingerprint density at radius 1 is 1.23 bits per heavy atom. The predicted octanol–water partition coefficient (Wildman–Crippen LogP) is 1.60. The lowest BCUT2D eigenvalue weighted by Gasteiger charge is -2.29. The fourth-order valence-electron chi connectivity index (χ4n) is 3.05. The second kappa shape index (κ2) is 10.4. The van der Waals surface area contributed by atoms with Crippen LogP contribution in [0.3, 0.4) is 0 Å². The van der Waals surface area contributed by atoms with Crippen LogP contribution >= 0.6 is 0 Å². The second-order valence-electron chi connectivity index (χ2n) is 7.35. The summed E-state index contributed by atoms with van der Waals surface area (Å²) in [5.41, 5.74) is 0.920. The summed E-state index contributed by atoms with van der Waals surface area (Å²) >= 11 is 0. The smallest absolute Gasteiger partial charge is 0.475 e. The molecule has 174 valence electrons. The third-order valence-corrected chi connectivity index (χ3v) is 6.76. The molecule has 1 heterocycles. The van der Waals surface area contributed by atoms with Gasteiger partial charge in [-0.25, -0.2) is 13.2 Å². The Morgan fingerprint density at radius 3 is 2.29 bits per heavy atom. The highest BCUT2D eigenvalue weighted by molar-refractivity contribution is 7.89. The van der Waals surface area contributed by atoms with E-state index in [1.807, 2.05) is 17.9 Å². The van der Waals surface area contributed by atoms with E-state index in [0.717, 1.165) is 31.5 Å². The van der Waals surface area contributed by atoms with E-state index in [9.17, 15) is 26.4 Å². The lowest BCUT2D eigenvalue weighted by molar-refractivity contribution is -0.192. The molecule has 2 aliphatic rings. The van der Waals surface area contributed by atoms with Crippen LogP contribution in [0.25, 0.3) is 0 Å². The maximum Gasteiger partial charge on any atom is 0.490 e. The van der Waals surface area contributed by atoms with Crippen molar-refractivity contribution >= 4 is 21.9 Å². The Kier molecular flexibility index (Phi) is 8.43. The van der Waals surface area contributed by atoms with Crippen molar-refractivity contribution in [2.45, 2.75) is 43.3 Å². The van der Waals surface area contributed by atoms with Crippen molar-refractivity contribution in [2.24, 2.45) is 0 Å². The molecule has 8 nitrogen and oxygen atoms in total. The molecule has 1 aliphatic carbocycles. The Balaban J connectivity index is 0.000000423. The number of carboxylic acids is 1. The number of nitrogens with zero attached hydrogens (tertiary/aromatic N) is 2. The molecule has 2 fully saturated rings. The zero-order valence-electron chi connectivity index (χ0n) is 17.1. The lowest BCUT2D eigenvalue weighted by atomic mass is 10.2. The summed E-state index contributed by atoms with van der Waals surface area (Å²) in [5, 5.41) is 10.3. The summed E-state index contributed by atoms with van der Waals surface area (Å²) in [6.07, 6.45) is -3.07. The maximum absolute atomic E-state index is 12.9. The second-order valence-corrected chi connectivity index (χ2v) is 9.24. The molecule has 1 aromatic rings. The minimum Gasteiger partial charge on any atom is -0.475 e. The van der Waals surface area contributed by atoms with Crippen LogP contribution in [0.15, 0.2) is 29.2 Å². The fraction of sp³-hybridized carbons (Fsp3) is 0.579. The van der Waals surface area contributed by atoms with E-state index in [2.05, 4.69) is 5.32 Å². The van der Waals surface area contributed by atoms with Gasteiger partial charge in [0.05, 0.1) is 4.90 Å². The van der Waals surface area contributed by atoms with Gasteiger partial charge in [0.25, 0.3) is 0 Å². The summed E-state index contributed by atoms with van der Waals surface area (Å²) in [6, 6.07) is 7.03. The highest BCUT2D eigenvalue weighted by Crippen LogP contribution is 2.32. The maximum atomic E-state index is 12.9. The average molecular weight is 465 g/mol. The Morgan fingerprint density at radius 2 is 1.81 bits per heavy atom. The van der Waals surface area contributed by atoms with Gasteiger partial charge in [-0.05, 0) is 37.5 Å². The highest BCUT2D eigenvalue weighted by Gasteiger charge is 2.39. The number of carboxylic acid groups (broad SMARTS) is 1. The minimum absolute atomic E-state index is 0.0431. The molecule has 3 rings (SSSR count). The van der Waals surface area contributed by atoms with Crippen LogP contribution in [0, 0.1) is 6.92 Å². The molecule has 1 aromatic carbocycles. The van der Waals surface area contributed by atoms with Gasteiger partial charge in [-0.2, -0.15) is 17.5 Å². The van der Waals surface area contributed by atoms with E-state index in [1.165, 1.54) is 4.31 Å². The van der Waals surface area contributed by atoms with Gasteiger partial charge in [0.15, 0.2) is 0 Å². The molecule has 0 aromatic heterocycles. The van der Waals surface area contributed by atoms with Crippen molar-refractivity contribution in [1.82, 2.24) is 14.5 Å². The molecule has 1 saturated heterocycles. The molecule has 0 unspecified atom stereocenters. The number of nitrogens with one attached hydrogen (secondary N) is 1. The SMILES string of the molecule is Cc1cccc(S(=O)(=O)N(CCC(=O)N2CCNCC2)C2CC2)c1.O=C(O)C(F)(F)F. The molecule has 0 bridgehead atoms. The monoisotopic (exact) mass is 465 g/mol. The van der Waals surface area contributed by atoms with Gasteiger partial charge in [-0.3, -0.25) is 4.79 Å². The van der Waals surface area contributed by atoms with Crippen molar-refractivity contribution in [1.29, 1.82) is 0 Å². The van der Waals surface area contributed by atoms with E-state index in [1.54, 1.807) is 18.2 Å². The van der Waals surface area contributed by atoms with Gasteiger partial charge < -0.3 is 15.3 Å². The number of alkyl halides is 3. The first-order valence-corrected chi connectivity index (χ1v) is 11.2. The molecular formula is C19H26F3N3O5S. The van der Waals surface area contributed by atoms with Crippen LogP contribution in [-0.2, 0) is 19.6 Å². The number of benzene rings is 1. The van der Waals surface area contributed by atoms with Crippen LogP contribution in [0.5, 0.6) is 0 Å². The standard InChI is InChI=1S/C17H25N3O3S.C2HF3O2/c1-14-3-2-4-16(13-14)24(22,23)20(15-5-6-15)10-7-17(21)19-11-8-18-9-12-19;3-2(4,5)1(6)7/h2-4,13,15,18H,5-12H2,1H3;(H,6,7). The van der Waals surface area contributed by atoms with Crippen LogP contribution in [-0.4, -0.2) is 79.5 Å². The molecule has 1 saturated carbocycles. The molecule has 0 atom stereocenters. The van der Waals surface area contributed by atoms with Crippen molar-refractivity contribution in [2.75, 3.05) is 32.7 Å². The molecule has 0 radical (unpaired) electrons. The van der Waals surface area contributed by atoms with E-state index in [-0.39, 0.29) is 24.9 Å². The number of carbonyl (C=O) groups is 2. The lowest BCUT2D eigenvalue weighted by Crippen LogP contribution is -2.47. The predicted molar refractivity (Wildman–Crippen MR) is 106 cm³/mol. The zero-order valence-corrected chi connectivity index (χ0v) is 17.9. The molecule has 1 aliphatic heterocycles. The van der Waals surface area contributed by atoms with Crippen molar-refractivity contribution in [3.05, 3.63) is 29.8 Å². The fourth-order valence-corrected chi connectivity index (χ4v) is 4.84. The average Bonchev–Trinajstić information content (AvgIpc) is 3.53. The van der Waals surface area contributed by atoms with Crippen LogP contribution in [0.1, 0.15) is 24.8 Å². The first-order valence-electron chi connectivity index (χ1n) is 9.80. The number of aliphatic carboxylic acids is 1. The number of carbonyl (C=O) groups excluding carboxylic acids is 1. The van der Waals surface area contributed by atoms with Crippen molar-refractivity contribution in [3.8, 4) is 0 Å². The number of piperazine rings is 1. The number of aryl methyl sites for hydroxylation is 1. The quantitative estimate of drug-likeness (QED) is 0.661. The zero-order chi connectivity index (χ0) is 23.2. The summed E-state index contributed by atoms with van der Waals surface area (Å²) < 4.78 is 59.2. The highest BCUT2D eigenvalue weighted by atomic mass is 32.2. The number of rotatable bonds is 6. The third-order valence-electron chi connectivity index (χ3n) is 4.81. The topological polar surface area (TPSA) is 107 Å². The van der Waals surface area contributed by atoms with Crippen LogP contribution in [0.4, 0.5) is 13.2 Å². The minimum atomic E-state index is -5.08. The van der Waals surface area contributed by atoms with Crippen molar-refractivity contribution < 1.29 is 36.3 Å². The Hall–Kier alpha value is -2.18. The summed E-state index contributed by atoms with van der Waals surface area (Å²) in [5.74, 6) is -2.71. The molecule has 31 heavy (non-hydrogen) atoms. The van der Waals surface area contributed by atoms with Crippen LogP contribution in [0.2, 0.25) is 0 Å². The Labute approximate surface area is 179 Å². The molecule has 0 spiro atoms. The van der Waals surface area contributed by atoms with Gasteiger partial charge in [-0.15, -0.1) is 0 Å². The third kappa shape index (κ3) is 7.47. The summed E-state index contributed by atoms with van der Waals surface area (Å²) in [7, 11) is -3.54. The Bertz CT molecular complexity index is 882. The van der Waals surface area contributed by atoms with Crippen LogP contribution < -0.4 is 5.32 Å². The first-order chi connectivity index (χ1) is 14.4. The summed E-state index contributed by atoms with van der Waals surface area (Å²) in [4.78, 5) is 23.4. The summed E-state index contributed by atoms with van der Waals surface area (Å²) in [6.45, 7) is 5.16. The van der Waals surface area contributed by atoms with Gasteiger partial charge in [0.1, 0.15) is 0 Å². The number of halogens is 3. The van der Waals surface area contributed by atoms with Gasteiger partial charge in [0, 0.05) is 45.2 Å². The molecular weight excluding hydrogens is 439 g/mol. The molecule has 12 heteroatoms. The van der Waals surface area contributed by atoms with Crippen molar-refractivity contribution in [3.63, 3.8) is 0 Å². The van der Waals surface area contributed by atoms with E-state index in [4.69, 9.17) is 9.90 Å². The number of amides is 1. The van der Waals surface area contributed by atoms with Gasteiger partial charge in [-0.1, -0.05) is 12.1 Å². The molecule has 1 amide bonds. The largest absolute Gasteiger partial charge is 0.490 e. The number of sulfonamides is 1. The van der Waals surface area contributed by atoms with Gasteiger partial charge in [0.2, 0.25) is 15.9 Å². The number of hydrogen-bond donors (Lipinski definition) is 2. The van der Waals surface area contributed by atoms with E-state index < -0.39 is 22.2 Å². The first kappa shape index (κ1) is 25.1. The van der Waals surface area contributed by atoms with E-state index >= 15 is 0 Å². The van der Waals surface area contributed by atoms with E-state index in [0.29, 0.717) is 18.0 Å². The number of hydrogen-bond acceptors (Lipinski definition) is 5.